The van der Waals surface area contributed by atoms with Gasteiger partial charge in [-0.3, -0.25) is 14.9 Å². The Morgan fingerprint density at radius 3 is 2.48 bits per heavy atom. The average molecular weight is 457 g/mol. The summed E-state index contributed by atoms with van der Waals surface area (Å²) >= 11 is 2.81. The van der Waals surface area contributed by atoms with Gasteiger partial charge in [0.25, 0.3) is 11.6 Å². The molecule has 12 heteroatoms. The van der Waals surface area contributed by atoms with Crippen molar-refractivity contribution in [1.29, 1.82) is 0 Å². The first-order valence-electron chi connectivity index (χ1n) is 8.81. The number of non-ortho nitro benzene ring substituents is 1. The first-order chi connectivity index (χ1) is 13.9. The predicted molar refractivity (Wildman–Crippen MR) is 114 cm³/mol. The predicted octanol–water partition coefficient (Wildman–Crippen LogP) is 2.24. The van der Waals surface area contributed by atoms with E-state index in [2.05, 4.69) is 10.6 Å². The van der Waals surface area contributed by atoms with Crippen molar-refractivity contribution >= 4 is 50.4 Å². The molecule has 1 aromatic heterocycles. The van der Waals surface area contributed by atoms with Gasteiger partial charge in [-0.25, -0.2) is 8.42 Å². The Balaban J connectivity index is 1.55. The Bertz CT molecular complexity index is 969. The van der Waals surface area contributed by atoms with E-state index in [1.54, 1.807) is 29.3 Å². The number of hydrogen-bond donors (Lipinski definition) is 2. The fourth-order valence-electron chi connectivity index (χ4n) is 2.76. The van der Waals surface area contributed by atoms with E-state index < -0.39 is 20.9 Å². The molecule has 1 aromatic carbocycles. The molecule has 2 aromatic rings. The zero-order chi connectivity index (χ0) is 20.9. The van der Waals surface area contributed by atoms with Crippen molar-refractivity contribution in [2.75, 3.05) is 43.0 Å². The minimum atomic E-state index is -3.68. The van der Waals surface area contributed by atoms with Crippen molar-refractivity contribution in [3.63, 3.8) is 0 Å². The Hall–Kier alpha value is -2.15. The van der Waals surface area contributed by atoms with Gasteiger partial charge in [-0.05, 0) is 23.6 Å². The van der Waals surface area contributed by atoms with Crippen molar-refractivity contribution in [3.05, 3.63) is 50.7 Å². The summed E-state index contributed by atoms with van der Waals surface area (Å²) in [6.07, 6.45) is 0. The average Bonchev–Trinajstić information content (AvgIpc) is 3.23. The molecule has 1 amide bonds. The Morgan fingerprint density at radius 1 is 1.14 bits per heavy atom. The molecule has 0 aliphatic carbocycles. The van der Waals surface area contributed by atoms with Gasteiger partial charge < -0.3 is 10.6 Å². The van der Waals surface area contributed by atoms with Crippen LogP contribution in [0.1, 0.15) is 9.67 Å². The summed E-state index contributed by atoms with van der Waals surface area (Å²) in [4.78, 5) is 22.9. The van der Waals surface area contributed by atoms with E-state index in [1.807, 2.05) is 0 Å². The molecule has 0 radical (unpaired) electrons. The van der Waals surface area contributed by atoms with Crippen LogP contribution < -0.4 is 10.6 Å². The monoisotopic (exact) mass is 456 g/mol. The number of nitro groups is 1. The molecule has 1 aliphatic heterocycles. The first kappa shape index (κ1) is 21.6. The van der Waals surface area contributed by atoms with Crippen molar-refractivity contribution < 1.29 is 18.1 Å². The largest absolute Gasteiger partial charge is 0.383 e. The van der Waals surface area contributed by atoms with E-state index in [-0.39, 0.29) is 22.0 Å². The van der Waals surface area contributed by atoms with Gasteiger partial charge in [0.15, 0.2) is 0 Å². The van der Waals surface area contributed by atoms with E-state index in [0.29, 0.717) is 25.3 Å². The summed E-state index contributed by atoms with van der Waals surface area (Å²) in [5.41, 5.74) is 0.690. The highest BCUT2D eigenvalue weighted by Gasteiger charge is 2.31. The molecular weight excluding hydrogens is 436 g/mol. The number of sulfonamides is 1. The fraction of sp³-hybridized carbons (Fsp3) is 0.353. The Labute approximate surface area is 176 Å². The molecule has 0 atom stereocenters. The highest BCUT2D eigenvalue weighted by Crippen LogP contribution is 2.27. The number of amides is 1. The van der Waals surface area contributed by atoms with Crippen molar-refractivity contribution in [1.82, 2.24) is 9.62 Å². The normalized spacial score (nSPS) is 15.0. The van der Waals surface area contributed by atoms with Gasteiger partial charge in [0.2, 0.25) is 10.0 Å². The van der Waals surface area contributed by atoms with Crippen molar-refractivity contribution in [2.45, 2.75) is 4.90 Å². The number of carbonyl (C=O) groups excluding carboxylic acids is 1. The van der Waals surface area contributed by atoms with Gasteiger partial charge >= 0.3 is 0 Å². The Kier molecular flexibility index (Phi) is 7.11. The number of nitro benzene ring substituents is 1. The van der Waals surface area contributed by atoms with Gasteiger partial charge in [0.05, 0.1) is 4.92 Å². The quantitative estimate of drug-likeness (QED) is 0.355. The molecule has 0 bridgehead atoms. The molecule has 0 saturated carbocycles. The third-order valence-corrected chi connectivity index (χ3v) is 8.17. The highest BCUT2D eigenvalue weighted by atomic mass is 32.2. The lowest BCUT2D eigenvalue weighted by atomic mass is 10.3. The lowest BCUT2D eigenvalue weighted by Gasteiger charge is -2.25. The molecule has 29 heavy (non-hydrogen) atoms. The van der Waals surface area contributed by atoms with Crippen LogP contribution in [0.4, 0.5) is 11.4 Å². The van der Waals surface area contributed by atoms with Gasteiger partial charge in [0, 0.05) is 55.5 Å². The van der Waals surface area contributed by atoms with Gasteiger partial charge in [-0.15, -0.1) is 11.3 Å². The molecule has 2 N–H and O–H groups in total. The number of thioether (sulfide) groups is 1. The number of nitrogens with zero attached hydrogens (tertiary/aromatic N) is 2. The second-order valence-electron chi connectivity index (χ2n) is 6.12. The van der Waals surface area contributed by atoms with Crippen LogP contribution >= 0.6 is 23.1 Å². The smallest absolute Gasteiger partial charge is 0.269 e. The van der Waals surface area contributed by atoms with E-state index in [1.165, 1.54) is 22.5 Å². The molecule has 156 valence electrons. The number of nitrogens with one attached hydrogen (secondary N) is 2. The minimum Gasteiger partial charge on any atom is -0.383 e. The summed E-state index contributed by atoms with van der Waals surface area (Å²) in [6, 6.07) is 7.43. The number of carbonyl (C=O) groups is 1. The molecule has 3 rings (SSSR count). The summed E-state index contributed by atoms with van der Waals surface area (Å²) in [6.45, 7) is 1.56. The molecule has 1 aliphatic rings. The zero-order valence-corrected chi connectivity index (χ0v) is 17.8. The van der Waals surface area contributed by atoms with E-state index in [0.717, 1.165) is 22.8 Å². The molecule has 1 saturated heterocycles. The lowest BCUT2D eigenvalue weighted by Crippen LogP contribution is -2.38. The molecule has 0 unspecified atom stereocenters. The van der Waals surface area contributed by atoms with Crippen molar-refractivity contribution in [3.8, 4) is 0 Å². The summed E-state index contributed by atoms with van der Waals surface area (Å²) < 4.78 is 27.1. The first-order valence-corrected chi connectivity index (χ1v) is 12.3. The van der Waals surface area contributed by atoms with Gasteiger partial charge in [-0.1, -0.05) is 0 Å². The highest BCUT2D eigenvalue weighted by molar-refractivity contribution is 7.99. The van der Waals surface area contributed by atoms with Crippen LogP contribution in [0, 0.1) is 10.1 Å². The van der Waals surface area contributed by atoms with Crippen LogP contribution in [0.3, 0.4) is 0 Å². The molecule has 0 spiro atoms. The third kappa shape index (κ3) is 5.26. The summed E-state index contributed by atoms with van der Waals surface area (Å²) in [7, 11) is -3.68. The lowest BCUT2D eigenvalue weighted by molar-refractivity contribution is -0.384. The number of anilines is 1. The van der Waals surface area contributed by atoms with Crippen LogP contribution in [0.2, 0.25) is 0 Å². The Morgan fingerprint density at radius 2 is 1.83 bits per heavy atom. The summed E-state index contributed by atoms with van der Waals surface area (Å²) in [5.74, 6) is 1.06. The number of rotatable bonds is 8. The van der Waals surface area contributed by atoms with Crippen LogP contribution in [0.5, 0.6) is 0 Å². The maximum atomic E-state index is 12.8. The van der Waals surface area contributed by atoms with Crippen LogP contribution in [-0.2, 0) is 10.0 Å². The molecule has 1 fully saturated rings. The van der Waals surface area contributed by atoms with Crippen LogP contribution in [0.25, 0.3) is 0 Å². The molecule has 9 nitrogen and oxygen atoms in total. The topological polar surface area (TPSA) is 122 Å². The van der Waals surface area contributed by atoms with E-state index >= 15 is 0 Å². The van der Waals surface area contributed by atoms with Crippen LogP contribution in [-0.4, -0.2) is 61.2 Å². The van der Waals surface area contributed by atoms with Crippen LogP contribution in [0.15, 0.2) is 40.6 Å². The molecule has 2 heterocycles. The fourth-order valence-corrected chi connectivity index (χ4v) is 6.65. The van der Waals surface area contributed by atoms with Gasteiger partial charge in [0.1, 0.15) is 9.77 Å². The number of thiophene rings is 1. The standard InChI is InChI=1S/C17H20N4O5S3/c22-17(19-7-6-18-13-1-3-14(4-2-13)21(23)24)16-15(5-10-28-16)29(25,26)20-8-11-27-12-9-20/h1-5,10,18H,6-9,11-12H2,(H,19,22). The minimum absolute atomic E-state index is 0.00239. The van der Waals surface area contributed by atoms with E-state index in [9.17, 15) is 23.3 Å². The third-order valence-electron chi connectivity index (χ3n) is 4.24. The second-order valence-corrected chi connectivity index (χ2v) is 10.2. The second kappa shape index (κ2) is 9.57. The zero-order valence-electron chi connectivity index (χ0n) is 15.4. The van der Waals surface area contributed by atoms with Gasteiger partial charge in [-0.2, -0.15) is 16.1 Å². The van der Waals surface area contributed by atoms with E-state index in [4.69, 9.17) is 0 Å². The maximum Gasteiger partial charge on any atom is 0.269 e. The summed E-state index contributed by atoms with van der Waals surface area (Å²) in [5, 5.41) is 18.0. The molecular formula is C17H20N4O5S3. The number of hydrogen-bond acceptors (Lipinski definition) is 8. The maximum absolute atomic E-state index is 12.8. The number of benzene rings is 1. The van der Waals surface area contributed by atoms with Crippen molar-refractivity contribution in [2.24, 2.45) is 0 Å². The SMILES string of the molecule is O=C(NCCNc1ccc([N+](=O)[O-])cc1)c1sccc1S(=O)(=O)N1CCSCC1.